The average Bonchev–Trinajstić information content (AvgIpc) is 2.69. The number of hydrogen-bond donors (Lipinski definition) is 1. The summed E-state index contributed by atoms with van der Waals surface area (Å²) >= 11 is 0. The molecule has 0 radical (unpaired) electrons. The first kappa shape index (κ1) is 16.2. The predicted octanol–water partition coefficient (Wildman–Crippen LogP) is 2.93. The Balaban J connectivity index is 2.25. The zero-order valence-electron chi connectivity index (χ0n) is 13.9. The van der Waals surface area contributed by atoms with Crippen LogP contribution >= 0.6 is 0 Å². The van der Waals surface area contributed by atoms with Gasteiger partial charge in [-0.1, -0.05) is 20.8 Å². The molecular formula is C17H29N3O. The van der Waals surface area contributed by atoms with Gasteiger partial charge in [-0.3, -0.25) is 0 Å². The van der Waals surface area contributed by atoms with Crippen LogP contribution in [0.4, 0.5) is 5.82 Å². The van der Waals surface area contributed by atoms with Crippen molar-refractivity contribution in [2.24, 2.45) is 0 Å². The molecule has 0 amide bonds. The van der Waals surface area contributed by atoms with Crippen molar-refractivity contribution in [3.8, 4) is 0 Å². The summed E-state index contributed by atoms with van der Waals surface area (Å²) in [7, 11) is 0. The lowest BCUT2D eigenvalue weighted by atomic mass is 10.1. The van der Waals surface area contributed by atoms with Gasteiger partial charge in [0.1, 0.15) is 5.82 Å². The van der Waals surface area contributed by atoms with Crippen molar-refractivity contribution >= 4 is 5.82 Å². The second-order valence-electron chi connectivity index (χ2n) is 6.17. The van der Waals surface area contributed by atoms with Crippen molar-refractivity contribution in [2.45, 2.75) is 52.7 Å². The van der Waals surface area contributed by atoms with E-state index < -0.39 is 0 Å². The van der Waals surface area contributed by atoms with E-state index in [0.717, 1.165) is 45.0 Å². The molecule has 1 N–H and O–H groups in total. The summed E-state index contributed by atoms with van der Waals surface area (Å²) in [6, 6.07) is 4.46. The van der Waals surface area contributed by atoms with Crippen molar-refractivity contribution in [1.29, 1.82) is 0 Å². The largest absolute Gasteiger partial charge is 0.377 e. The number of nitrogens with zero attached hydrogens (tertiary/aromatic N) is 2. The van der Waals surface area contributed by atoms with Crippen LogP contribution in [0.25, 0.3) is 0 Å². The summed E-state index contributed by atoms with van der Waals surface area (Å²) in [6.45, 7) is 13.4. The minimum atomic E-state index is 0.272. The Morgan fingerprint density at radius 3 is 2.95 bits per heavy atom. The highest BCUT2D eigenvalue weighted by atomic mass is 16.5. The number of rotatable bonds is 5. The number of anilines is 1. The maximum Gasteiger partial charge on any atom is 0.129 e. The fraction of sp³-hybridized carbons (Fsp3) is 0.706. The van der Waals surface area contributed by atoms with Gasteiger partial charge in [-0.2, -0.15) is 0 Å². The minimum Gasteiger partial charge on any atom is -0.377 e. The van der Waals surface area contributed by atoms with E-state index >= 15 is 0 Å². The monoisotopic (exact) mass is 291 g/mol. The second kappa shape index (κ2) is 7.76. The van der Waals surface area contributed by atoms with E-state index in [0.29, 0.717) is 5.92 Å². The van der Waals surface area contributed by atoms with Crippen LogP contribution in [-0.4, -0.2) is 37.3 Å². The molecule has 0 spiro atoms. The fourth-order valence-electron chi connectivity index (χ4n) is 2.63. The molecule has 1 aromatic rings. The van der Waals surface area contributed by atoms with Crippen LogP contribution in [0.2, 0.25) is 0 Å². The Morgan fingerprint density at radius 2 is 2.24 bits per heavy atom. The Bertz CT molecular complexity index is 448. The topological polar surface area (TPSA) is 37.4 Å². The molecule has 0 saturated carbocycles. The molecule has 4 heteroatoms. The average molecular weight is 291 g/mol. The predicted molar refractivity (Wildman–Crippen MR) is 88.0 cm³/mol. The fourth-order valence-corrected chi connectivity index (χ4v) is 2.63. The molecule has 0 aliphatic carbocycles. The Kier molecular flexibility index (Phi) is 6.00. The van der Waals surface area contributed by atoms with Crippen molar-refractivity contribution in [3.63, 3.8) is 0 Å². The third-order valence-corrected chi connectivity index (χ3v) is 3.84. The molecule has 1 aliphatic rings. The van der Waals surface area contributed by atoms with E-state index in [-0.39, 0.29) is 6.10 Å². The molecule has 0 aromatic carbocycles. The van der Waals surface area contributed by atoms with Crippen molar-refractivity contribution in [3.05, 3.63) is 23.4 Å². The second-order valence-corrected chi connectivity index (χ2v) is 6.17. The van der Waals surface area contributed by atoms with Crippen LogP contribution in [0, 0.1) is 0 Å². The van der Waals surface area contributed by atoms with E-state index in [9.17, 15) is 0 Å². The lowest BCUT2D eigenvalue weighted by molar-refractivity contribution is 0.0820. The third-order valence-electron chi connectivity index (χ3n) is 3.84. The number of hydrogen-bond acceptors (Lipinski definition) is 4. The molecule has 1 fully saturated rings. The zero-order valence-corrected chi connectivity index (χ0v) is 13.9. The molecule has 2 heterocycles. The molecular weight excluding hydrogens is 262 g/mol. The summed E-state index contributed by atoms with van der Waals surface area (Å²) < 4.78 is 5.75. The van der Waals surface area contributed by atoms with Crippen LogP contribution in [0.3, 0.4) is 0 Å². The minimum absolute atomic E-state index is 0.272. The summed E-state index contributed by atoms with van der Waals surface area (Å²) in [5, 5.41) is 3.41. The highest BCUT2D eigenvalue weighted by molar-refractivity contribution is 5.43. The van der Waals surface area contributed by atoms with E-state index in [2.05, 4.69) is 50.0 Å². The summed E-state index contributed by atoms with van der Waals surface area (Å²) in [5.41, 5.74) is 2.50. The van der Waals surface area contributed by atoms with Gasteiger partial charge in [0, 0.05) is 31.9 Å². The first-order chi connectivity index (χ1) is 10.1. The third kappa shape index (κ3) is 4.68. The molecule has 21 heavy (non-hydrogen) atoms. The normalized spacial score (nSPS) is 19.9. The van der Waals surface area contributed by atoms with Crippen LogP contribution in [0.5, 0.6) is 0 Å². The van der Waals surface area contributed by atoms with Crippen molar-refractivity contribution in [1.82, 2.24) is 10.3 Å². The van der Waals surface area contributed by atoms with E-state index in [1.54, 1.807) is 0 Å². The molecule has 1 saturated heterocycles. The standard InChI is InChI=1S/C17H29N3O/c1-5-18-11-15-9-16(13(2)3)19-17(10-15)20-7-6-8-21-14(4)12-20/h9-10,13-14,18H,5-8,11-12H2,1-4H3. The van der Waals surface area contributed by atoms with Crippen LogP contribution in [0.1, 0.15) is 51.3 Å². The Hall–Kier alpha value is -1.13. The molecule has 4 nitrogen and oxygen atoms in total. The number of ether oxygens (including phenoxy) is 1. The van der Waals surface area contributed by atoms with Gasteiger partial charge in [0.05, 0.1) is 6.10 Å². The van der Waals surface area contributed by atoms with Gasteiger partial charge in [-0.15, -0.1) is 0 Å². The Morgan fingerprint density at radius 1 is 1.43 bits per heavy atom. The lowest BCUT2D eigenvalue weighted by Crippen LogP contribution is -2.31. The molecule has 0 bridgehead atoms. The van der Waals surface area contributed by atoms with Crippen LogP contribution in [0.15, 0.2) is 12.1 Å². The van der Waals surface area contributed by atoms with Gasteiger partial charge in [0.15, 0.2) is 0 Å². The van der Waals surface area contributed by atoms with Crippen LogP contribution in [-0.2, 0) is 11.3 Å². The van der Waals surface area contributed by atoms with Gasteiger partial charge in [0.2, 0.25) is 0 Å². The van der Waals surface area contributed by atoms with Gasteiger partial charge >= 0.3 is 0 Å². The van der Waals surface area contributed by atoms with Gasteiger partial charge in [-0.05, 0) is 43.5 Å². The maximum atomic E-state index is 5.75. The zero-order chi connectivity index (χ0) is 15.2. The first-order valence-electron chi connectivity index (χ1n) is 8.18. The van der Waals surface area contributed by atoms with E-state index in [4.69, 9.17) is 9.72 Å². The summed E-state index contributed by atoms with van der Waals surface area (Å²) in [5.74, 6) is 1.55. The highest BCUT2D eigenvalue weighted by Gasteiger charge is 2.18. The van der Waals surface area contributed by atoms with Crippen molar-refractivity contribution in [2.75, 3.05) is 31.1 Å². The highest BCUT2D eigenvalue weighted by Crippen LogP contribution is 2.22. The van der Waals surface area contributed by atoms with Gasteiger partial charge in [0.25, 0.3) is 0 Å². The quantitative estimate of drug-likeness (QED) is 0.905. The number of nitrogens with one attached hydrogen (secondary N) is 1. The first-order valence-corrected chi connectivity index (χ1v) is 8.18. The smallest absolute Gasteiger partial charge is 0.129 e. The number of aromatic nitrogens is 1. The summed E-state index contributed by atoms with van der Waals surface area (Å²) in [6.07, 6.45) is 1.34. The molecule has 1 unspecified atom stereocenters. The SMILES string of the molecule is CCNCc1cc(C(C)C)nc(N2CCCOC(C)C2)c1. The van der Waals surface area contributed by atoms with E-state index in [1.165, 1.54) is 11.3 Å². The van der Waals surface area contributed by atoms with Crippen LogP contribution < -0.4 is 10.2 Å². The molecule has 1 atom stereocenters. The summed E-state index contributed by atoms with van der Waals surface area (Å²) in [4.78, 5) is 7.26. The van der Waals surface area contributed by atoms with Gasteiger partial charge in [-0.25, -0.2) is 4.98 Å². The van der Waals surface area contributed by atoms with Gasteiger partial charge < -0.3 is 15.0 Å². The Labute approximate surface area is 128 Å². The van der Waals surface area contributed by atoms with Crippen molar-refractivity contribution < 1.29 is 4.74 Å². The molecule has 118 valence electrons. The van der Waals surface area contributed by atoms with E-state index in [1.807, 2.05) is 0 Å². The maximum absolute atomic E-state index is 5.75. The lowest BCUT2D eigenvalue weighted by Gasteiger charge is -2.25. The molecule has 1 aliphatic heterocycles. The molecule has 1 aromatic heterocycles. The molecule has 2 rings (SSSR count). The number of pyridine rings is 1.